The van der Waals surface area contributed by atoms with Crippen molar-refractivity contribution in [3.63, 3.8) is 0 Å². The molecule has 126 valence electrons. The molecule has 0 atom stereocenters. The van der Waals surface area contributed by atoms with E-state index in [0.29, 0.717) is 37.5 Å². The number of carbonyl (C=O) groups excluding carboxylic acids is 1. The molecule has 0 saturated carbocycles. The third kappa shape index (κ3) is 4.28. The molecule has 1 fully saturated rings. The van der Waals surface area contributed by atoms with Gasteiger partial charge in [-0.25, -0.2) is 4.39 Å². The Balaban J connectivity index is 1.44. The van der Waals surface area contributed by atoms with Gasteiger partial charge in [0.25, 0.3) is 0 Å². The van der Waals surface area contributed by atoms with Crippen LogP contribution in [0.3, 0.4) is 0 Å². The molecule has 1 aromatic heterocycles. The molecule has 3 rings (SSSR count). The Morgan fingerprint density at radius 3 is 2.71 bits per heavy atom. The van der Waals surface area contributed by atoms with Gasteiger partial charge in [-0.05, 0) is 43.0 Å². The molecular formula is C18H21FN4O. The first-order valence-corrected chi connectivity index (χ1v) is 8.28. The Bertz CT molecular complexity index is 672. The number of nitrogens with one attached hydrogen (secondary N) is 1. The topological polar surface area (TPSA) is 58.1 Å². The van der Waals surface area contributed by atoms with Gasteiger partial charge in [-0.2, -0.15) is 5.10 Å². The molecule has 1 amide bonds. The fourth-order valence-electron chi connectivity index (χ4n) is 2.96. The fourth-order valence-corrected chi connectivity index (χ4v) is 2.96. The van der Waals surface area contributed by atoms with E-state index >= 15 is 0 Å². The van der Waals surface area contributed by atoms with Crippen LogP contribution in [0.1, 0.15) is 24.8 Å². The lowest BCUT2D eigenvalue weighted by atomic mass is 10.0. The minimum atomic E-state index is -0.239. The van der Waals surface area contributed by atoms with Gasteiger partial charge in [0.2, 0.25) is 5.91 Å². The fraction of sp³-hybridized carbons (Fsp3) is 0.389. The van der Waals surface area contributed by atoms with Crippen molar-refractivity contribution in [1.29, 1.82) is 0 Å². The van der Waals surface area contributed by atoms with Crippen molar-refractivity contribution in [1.82, 2.24) is 15.1 Å². The largest absolute Gasteiger partial charge is 0.366 e. The van der Waals surface area contributed by atoms with Gasteiger partial charge in [0.05, 0.1) is 0 Å². The molecule has 0 bridgehead atoms. The van der Waals surface area contributed by atoms with Crippen LogP contribution >= 0.6 is 0 Å². The Labute approximate surface area is 140 Å². The summed E-state index contributed by atoms with van der Waals surface area (Å²) in [6, 6.07) is 10.7. The highest BCUT2D eigenvalue weighted by Crippen LogP contribution is 2.16. The average Bonchev–Trinajstić information content (AvgIpc) is 2.62. The molecule has 1 aromatic carbocycles. The van der Waals surface area contributed by atoms with E-state index in [1.54, 1.807) is 24.4 Å². The van der Waals surface area contributed by atoms with Crippen LogP contribution in [-0.2, 0) is 11.2 Å². The molecule has 0 unspecified atom stereocenters. The predicted octanol–water partition coefficient (Wildman–Crippen LogP) is 2.65. The summed E-state index contributed by atoms with van der Waals surface area (Å²) in [4.78, 5) is 14.2. The number of hydrogen-bond donors (Lipinski definition) is 1. The van der Waals surface area contributed by atoms with Gasteiger partial charge in [-0.1, -0.05) is 18.2 Å². The van der Waals surface area contributed by atoms with Crippen molar-refractivity contribution >= 4 is 11.7 Å². The monoisotopic (exact) mass is 328 g/mol. The third-order valence-electron chi connectivity index (χ3n) is 4.34. The Morgan fingerprint density at radius 1 is 1.21 bits per heavy atom. The number of aryl methyl sites for hydroxylation is 1. The maximum absolute atomic E-state index is 13.6. The van der Waals surface area contributed by atoms with Crippen LogP contribution in [0, 0.1) is 5.82 Å². The third-order valence-corrected chi connectivity index (χ3v) is 4.34. The standard InChI is InChI=1S/C18H21FN4O/c19-16-5-2-1-4-14(16)7-8-18(24)23-12-9-15(10-13-23)21-17-6-3-11-20-22-17/h1-6,11,15H,7-10,12-13H2,(H,21,22). The minimum Gasteiger partial charge on any atom is -0.366 e. The maximum Gasteiger partial charge on any atom is 0.222 e. The highest BCUT2D eigenvalue weighted by Gasteiger charge is 2.22. The van der Waals surface area contributed by atoms with E-state index in [4.69, 9.17) is 0 Å². The quantitative estimate of drug-likeness (QED) is 0.917. The van der Waals surface area contributed by atoms with Crippen molar-refractivity contribution in [2.24, 2.45) is 0 Å². The Morgan fingerprint density at radius 2 is 2.00 bits per heavy atom. The van der Waals surface area contributed by atoms with Crippen molar-refractivity contribution in [3.05, 3.63) is 54.0 Å². The van der Waals surface area contributed by atoms with Crippen LogP contribution in [0.5, 0.6) is 0 Å². The first-order valence-electron chi connectivity index (χ1n) is 8.28. The molecular weight excluding hydrogens is 307 g/mol. The average molecular weight is 328 g/mol. The number of halogens is 1. The smallest absolute Gasteiger partial charge is 0.222 e. The number of benzene rings is 1. The molecule has 24 heavy (non-hydrogen) atoms. The summed E-state index contributed by atoms with van der Waals surface area (Å²) >= 11 is 0. The molecule has 1 saturated heterocycles. The van der Waals surface area contributed by atoms with E-state index in [-0.39, 0.29) is 11.7 Å². The molecule has 5 nitrogen and oxygen atoms in total. The van der Waals surface area contributed by atoms with Gasteiger partial charge in [-0.15, -0.1) is 5.10 Å². The zero-order valence-electron chi connectivity index (χ0n) is 13.5. The van der Waals surface area contributed by atoms with Crippen molar-refractivity contribution in [2.75, 3.05) is 18.4 Å². The van der Waals surface area contributed by atoms with Crippen molar-refractivity contribution in [2.45, 2.75) is 31.7 Å². The van der Waals surface area contributed by atoms with E-state index in [1.807, 2.05) is 17.0 Å². The van der Waals surface area contributed by atoms with E-state index in [1.165, 1.54) is 6.07 Å². The second-order valence-corrected chi connectivity index (χ2v) is 6.00. The molecule has 0 aliphatic carbocycles. The number of piperidine rings is 1. The van der Waals surface area contributed by atoms with Crippen molar-refractivity contribution in [3.8, 4) is 0 Å². The van der Waals surface area contributed by atoms with Crippen LogP contribution in [0.4, 0.5) is 10.2 Å². The molecule has 0 radical (unpaired) electrons. The van der Waals surface area contributed by atoms with Gasteiger partial charge in [-0.3, -0.25) is 4.79 Å². The number of amides is 1. The zero-order valence-corrected chi connectivity index (χ0v) is 13.5. The first-order chi connectivity index (χ1) is 11.7. The molecule has 0 spiro atoms. The summed E-state index contributed by atoms with van der Waals surface area (Å²) in [6.45, 7) is 1.43. The highest BCUT2D eigenvalue weighted by molar-refractivity contribution is 5.76. The number of rotatable bonds is 5. The summed E-state index contributed by atoms with van der Waals surface area (Å²) < 4.78 is 13.6. The summed E-state index contributed by atoms with van der Waals surface area (Å²) in [5.74, 6) is 0.621. The first kappa shape index (κ1) is 16.4. The predicted molar refractivity (Wildman–Crippen MR) is 90.0 cm³/mol. The second-order valence-electron chi connectivity index (χ2n) is 6.00. The molecule has 6 heteroatoms. The molecule has 2 aromatic rings. The van der Waals surface area contributed by atoms with Gasteiger partial charge in [0, 0.05) is 31.7 Å². The number of anilines is 1. The minimum absolute atomic E-state index is 0.0937. The number of likely N-dealkylation sites (tertiary alicyclic amines) is 1. The number of carbonyl (C=O) groups is 1. The molecule has 2 heterocycles. The lowest BCUT2D eigenvalue weighted by Crippen LogP contribution is -2.42. The molecule has 1 aliphatic heterocycles. The van der Waals surface area contributed by atoms with E-state index in [9.17, 15) is 9.18 Å². The van der Waals surface area contributed by atoms with Gasteiger partial charge in [0.1, 0.15) is 11.6 Å². The SMILES string of the molecule is O=C(CCc1ccccc1F)N1CCC(Nc2cccnn2)CC1. The maximum atomic E-state index is 13.6. The summed E-state index contributed by atoms with van der Waals surface area (Å²) in [6.07, 6.45) is 4.19. The number of aromatic nitrogens is 2. The summed E-state index contributed by atoms with van der Waals surface area (Å²) in [7, 11) is 0. The van der Waals surface area contributed by atoms with Crippen LogP contribution in [0.15, 0.2) is 42.6 Å². The van der Waals surface area contributed by atoms with Crippen LogP contribution in [-0.4, -0.2) is 40.1 Å². The molecule has 1 aliphatic rings. The zero-order chi connectivity index (χ0) is 16.8. The van der Waals surface area contributed by atoms with Crippen LogP contribution in [0.25, 0.3) is 0 Å². The van der Waals surface area contributed by atoms with Gasteiger partial charge in [0.15, 0.2) is 0 Å². The van der Waals surface area contributed by atoms with E-state index in [2.05, 4.69) is 15.5 Å². The van der Waals surface area contributed by atoms with E-state index in [0.717, 1.165) is 18.7 Å². The summed E-state index contributed by atoms with van der Waals surface area (Å²) in [5.41, 5.74) is 0.602. The number of nitrogens with zero attached hydrogens (tertiary/aromatic N) is 3. The van der Waals surface area contributed by atoms with Crippen LogP contribution in [0.2, 0.25) is 0 Å². The lowest BCUT2D eigenvalue weighted by Gasteiger charge is -2.32. The van der Waals surface area contributed by atoms with Gasteiger partial charge < -0.3 is 10.2 Å². The Kier molecular flexibility index (Phi) is 5.36. The van der Waals surface area contributed by atoms with Crippen LogP contribution < -0.4 is 5.32 Å². The van der Waals surface area contributed by atoms with Crippen molar-refractivity contribution < 1.29 is 9.18 Å². The lowest BCUT2D eigenvalue weighted by molar-refractivity contribution is -0.132. The molecule has 1 N–H and O–H groups in total. The number of hydrogen-bond acceptors (Lipinski definition) is 4. The highest BCUT2D eigenvalue weighted by atomic mass is 19.1. The summed E-state index contributed by atoms with van der Waals surface area (Å²) in [5, 5.41) is 11.2. The normalized spacial score (nSPS) is 15.3. The second kappa shape index (κ2) is 7.86. The Hall–Kier alpha value is -2.50. The van der Waals surface area contributed by atoms with E-state index < -0.39 is 0 Å². The van der Waals surface area contributed by atoms with Gasteiger partial charge >= 0.3 is 0 Å².